The van der Waals surface area contributed by atoms with Crippen LogP contribution < -0.4 is 5.73 Å². The Morgan fingerprint density at radius 2 is 1.70 bits per heavy atom. The SMILES string of the molecule is Cc1cccc(-c2nc(-c3ccc(N)cc3)c(C)s2)c1. The molecule has 0 unspecified atom stereocenters. The predicted octanol–water partition coefficient (Wildman–Crippen LogP) is 4.68. The Morgan fingerprint density at radius 3 is 2.40 bits per heavy atom. The smallest absolute Gasteiger partial charge is 0.124 e. The molecule has 0 saturated carbocycles. The first-order valence-electron chi connectivity index (χ1n) is 6.54. The van der Waals surface area contributed by atoms with E-state index in [-0.39, 0.29) is 0 Å². The van der Waals surface area contributed by atoms with Gasteiger partial charge in [-0.15, -0.1) is 11.3 Å². The molecular weight excluding hydrogens is 264 g/mol. The van der Waals surface area contributed by atoms with Crippen molar-refractivity contribution in [3.05, 3.63) is 59.0 Å². The molecule has 0 atom stereocenters. The van der Waals surface area contributed by atoms with Crippen LogP contribution in [0.25, 0.3) is 21.8 Å². The van der Waals surface area contributed by atoms with Crippen molar-refractivity contribution in [2.75, 3.05) is 5.73 Å². The molecule has 20 heavy (non-hydrogen) atoms. The van der Waals surface area contributed by atoms with Gasteiger partial charge < -0.3 is 5.73 Å². The fourth-order valence-electron chi connectivity index (χ4n) is 2.21. The molecule has 0 saturated heterocycles. The molecule has 1 aromatic heterocycles. The van der Waals surface area contributed by atoms with Crippen molar-refractivity contribution in [2.24, 2.45) is 0 Å². The zero-order valence-corrected chi connectivity index (χ0v) is 12.4. The van der Waals surface area contributed by atoms with E-state index >= 15 is 0 Å². The summed E-state index contributed by atoms with van der Waals surface area (Å²) in [7, 11) is 0. The summed E-state index contributed by atoms with van der Waals surface area (Å²) in [4.78, 5) is 6.03. The molecule has 2 N–H and O–H groups in total. The maximum atomic E-state index is 5.74. The van der Waals surface area contributed by atoms with Crippen molar-refractivity contribution in [1.29, 1.82) is 0 Å². The van der Waals surface area contributed by atoms with E-state index < -0.39 is 0 Å². The lowest BCUT2D eigenvalue weighted by Gasteiger charge is -1.99. The molecule has 0 bridgehead atoms. The second-order valence-electron chi connectivity index (χ2n) is 4.92. The lowest BCUT2D eigenvalue weighted by molar-refractivity contribution is 1.36. The minimum atomic E-state index is 0.778. The summed E-state index contributed by atoms with van der Waals surface area (Å²) in [5.74, 6) is 0. The van der Waals surface area contributed by atoms with Crippen molar-refractivity contribution < 1.29 is 0 Å². The normalized spacial score (nSPS) is 10.7. The quantitative estimate of drug-likeness (QED) is 0.692. The van der Waals surface area contributed by atoms with Crippen LogP contribution in [0.1, 0.15) is 10.4 Å². The van der Waals surface area contributed by atoms with Gasteiger partial charge in [0.25, 0.3) is 0 Å². The largest absolute Gasteiger partial charge is 0.399 e. The second kappa shape index (κ2) is 5.10. The third-order valence-electron chi connectivity index (χ3n) is 3.25. The van der Waals surface area contributed by atoms with E-state index in [0.29, 0.717) is 0 Å². The molecule has 3 rings (SSSR count). The summed E-state index contributed by atoms with van der Waals surface area (Å²) in [5, 5.41) is 1.07. The molecule has 3 aromatic rings. The molecule has 0 fully saturated rings. The fourth-order valence-corrected chi connectivity index (χ4v) is 3.14. The van der Waals surface area contributed by atoms with Crippen molar-refractivity contribution in [3.63, 3.8) is 0 Å². The number of nitrogens with zero attached hydrogens (tertiary/aromatic N) is 1. The van der Waals surface area contributed by atoms with Crippen LogP contribution in [0.15, 0.2) is 48.5 Å². The Hall–Kier alpha value is -2.13. The number of hydrogen-bond acceptors (Lipinski definition) is 3. The Balaban J connectivity index is 2.05. The predicted molar refractivity (Wildman–Crippen MR) is 86.9 cm³/mol. The van der Waals surface area contributed by atoms with Gasteiger partial charge >= 0.3 is 0 Å². The van der Waals surface area contributed by atoms with Crippen LogP contribution in [0.4, 0.5) is 5.69 Å². The molecule has 2 nitrogen and oxygen atoms in total. The van der Waals surface area contributed by atoms with Gasteiger partial charge in [0.15, 0.2) is 0 Å². The Bertz CT molecular complexity index is 742. The van der Waals surface area contributed by atoms with E-state index in [0.717, 1.165) is 22.0 Å². The highest BCUT2D eigenvalue weighted by molar-refractivity contribution is 7.15. The second-order valence-corrected chi connectivity index (χ2v) is 6.12. The average molecular weight is 280 g/mol. The molecule has 3 heteroatoms. The minimum absolute atomic E-state index is 0.778. The maximum Gasteiger partial charge on any atom is 0.124 e. The summed E-state index contributed by atoms with van der Waals surface area (Å²) in [6.07, 6.45) is 0. The van der Waals surface area contributed by atoms with Crippen molar-refractivity contribution in [1.82, 2.24) is 4.98 Å². The maximum absolute atomic E-state index is 5.74. The number of benzene rings is 2. The Morgan fingerprint density at radius 1 is 0.950 bits per heavy atom. The van der Waals surface area contributed by atoms with E-state index in [2.05, 4.69) is 38.1 Å². The van der Waals surface area contributed by atoms with E-state index in [1.807, 2.05) is 24.3 Å². The summed E-state index contributed by atoms with van der Waals surface area (Å²) < 4.78 is 0. The zero-order chi connectivity index (χ0) is 14.1. The van der Waals surface area contributed by atoms with Crippen LogP contribution in [-0.4, -0.2) is 4.98 Å². The first-order chi connectivity index (χ1) is 9.63. The van der Waals surface area contributed by atoms with Gasteiger partial charge in [-0.3, -0.25) is 0 Å². The standard InChI is InChI=1S/C17H16N2S/c1-11-4-3-5-14(10-11)17-19-16(12(2)20-17)13-6-8-15(18)9-7-13/h3-10H,18H2,1-2H3. The van der Waals surface area contributed by atoms with Crippen LogP contribution in [0, 0.1) is 13.8 Å². The Kier molecular flexibility index (Phi) is 3.28. The van der Waals surface area contributed by atoms with Crippen LogP contribution in [0.2, 0.25) is 0 Å². The third kappa shape index (κ3) is 2.45. The summed E-state index contributed by atoms with van der Waals surface area (Å²) in [6.45, 7) is 4.22. The number of aryl methyl sites for hydroxylation is 2. The molecule has 0 spiro atoms. The monoisotopic (exact) mass is 280 g/mol. The average Bonchev–Trinajstić information content (AvgIpc) is 2.82. The molecule has 0 aliphatic carbocycles. The van der Waals surface area contributed by atoms with Gasteiger partial charge in [0.2, 0.25) is 0 Å². The highest BCUT2D eigenvalue weighted by atomic mass is 32.1. The van der Waals surface area contributed by atoms with Crippen molar-refractivity contribution >= 4 is 17.0 Å². The number of anilines is 1. The molecule has 0 aliphatic rings. The lowest BCUT2D eigenvalue weighted by Crippen LogP contribution is -1.85. The molecule has 100 valence electrons. The number of aromatic nitrogens is 1. The van der Waals surface area contributed by atoms with Gasteiger partial charge in [-0.2, -0.15) is 0 Å². The molecule has 0 amide bonds. The molecule has 1 heterocycles. The molecular formula is C17H16N2S. The first-order valence-corrected chi connectivity index (χ1v) is 7.35. The number of rotatable bonds is 2. The van der Waals surface area contributed by atoms with Gasteiger partial charge in [0.1, 0.15) is 5.01 Å². The van der Waals surface area contributed by atoms with Crippen LogP contribution in [0.5, 0.6) is 0 Å². The molecule has 2 aromatic carbocycles. The van der Waals surface area contributed by atoms with Crippen molar-refractivity contribution in [2.45, 2.75) is 13.8 Å². The number of thiazole rings is 1. The highest BCUT2D eigenvalue weighted by Crippen LogP contribution is 2.33. The summed E-state index contributed by atoms with van der Waals surface area (Å²) in [5.41, 5.74) is 11.1. The Labute approximate surface area is 122 Å². The number of nitrogens with two attached hydrogens (primary N) is 1. The highest BCUT2D eigenvalue weighted by Gasteiger charge is 2.11. The van der Waals surface area contributed by atoms with Gasteiger partial charge in [0.05, 0.1) is 5.69 Å². The van der Waals surface area contributed by atoms with E-state index in [1.54, 1.807) is 11.3 Å². The minimum Gasteiger partial charge on any atom is -0.399 e. The van der Waals surface area contributed by atoms with Gasteiger partial charge in [-0.1, -0.05) is 35.9 Å². The molecule has 0 radical (unpaired) electrons. The lowest BCUT2D eigenvalue weighted by atomic mass is 10.1. The topological polar surface area (TPSA) is 38.9 Å². The van der Waals surface area contributed by atoms with Crippen LogP contribution in [0.3, 0.4) is 0 Å². The van der Waals surface area contributed by atoms with Gasteiger partial charge in [-0.05, 0) is 32.0 Å². The molecule has 0 aliphatic heterocycles. The number of hydrogen-bond donors (Lipinski definition) is 1. The zero-order valence-electron chi connectivity index (χ0n) is 11.6. The summed E-state index contributed by atoms with van der Waals surface area (Å²) in [6, 6.07) is 16.3. The van der Waals surface area contributed by atoms with Crippen molar-refractivity contribution in [3.8, 4) is 21.8 Å². The van der Waals surface area contributed by atoms with E-state index in [1.165, 1.54) is 16.0 Å². The van der Waals surface area contributed by atoms with Crippen LogP contribution in [-0.2, 0) is 0 Å². The number of nitrogen functional groups attached to an aromatic ring is 1. The van der Waals surface area contributed by atoms with Crippen LogP contribution >= 0.6 is 11.3 Å². The van der Waals surface area contributed by atoms with Gasteiger partial charge in [-0.25, -0.2) is 4.98 Å². The van der Waals surface area contributed by atoms with E-state index in [9.17, 15) is 0 Å². The fraction of sp³-hybridized carbons (Fsp3) is 0.118. The van der Waals surface area contributed by atoms with E-state index in [4.69, 9.17) is 10.7 Å². The van der Waals surface area contributed by atoms with Gasteiger partial charge in [0, 0.05) is 21.7 Å². The summed E-state index contributed by atoms with van der Waals surface area (Å²) >= 11 is 1.73. The first kappa shape index (κ1) is 12.9. The third-order valence-corrected chi connectivity index (χ3v) is 4.27.